The van der Waals surface area contributed by atoms with Gasteiger partial charge in [0.15, 0.2) is 0 Å². The molecule has 5 nitrogen and oxygen atoms in total. The second-order valence-electron chi connectivity index (χ2n) is 5.41. The van der Waals surface area contributed by atoms with Gasteiger partial charge in [-0.15, -0.1) is 11.3 Å². The second kappa shape index (κ2) is 8.19. The first-order valence-electron chi connectivity index (χ1n) is 7.42. The SMILES string of the molecule is CS(=O)(=O)NCCc1ccc(C(=O)OCc2ccccc2C(F)(F)F)s1. The summed E-state index contributed by atoms with van der Waals surface area (Å²) < 4.78 is 68.0. The van der Waals surface area contributed by atoms with Crippen LogP contribution in [-0.4, -0.2) is 27.2 Å². The number of sulfonamides is 1. The van der Waals surface area contributed by atoms with E-state index in [0.29, 0.717) is 6.42 Å². The average molecular weight is 407 g/mol. The molecular weight excluding hydrogens is 391 g/mol. The van der Waals surface area contributed by atoms with Gasteiger partial charge in [-0.05, 0) is 24.6 Å². The van der Waals surface area contributed by atoms with E-state index in [1.165, 1.54) is 24.3 Å². The first-order chi connectivity index (χ1) is 12.1. The summed E-state index contributed by atoms with van der Waals surface area (Å²) in [6.07, 6.45) is -3.09. The van der Waals surface area contributed by atoms with Crippen molar-refractivity contribution < 1.29 is 31.1 Å². The van der Waals surface area contributed by atoms with Crippen molar-refractivity contribution in [2.75, 3.05) is 12.8 Å². The van der Waals surface area contributed by atoms with Gasteiger partial charge in [0.1, 0.15) is 11.5 Å². The van der Waals surface area contributed by atoms with Crippen molar-refractivity contribution in [1.29, 1.82) is 0 Å². The van der Waals surface area contributed by atoms with E-state index in [2.05, 4.69) is 4.72 Å². The summed E-state index contributed by atoms with van der Waals surface area (Å²) in [5, 5.41) is 0. The molecule has 0 unspecified atom stereocenters. The normalized spacial score (nSPS) is 12.2. The lowest BCUT2D eigenvalue weighted by Crippen LogP contribution is -2.23. The van der Waals surface area contributed by atoms with E-state index in [-0.39, 0.29) is 17.0 Å². The Balaban J connectivity index is 1.95. The minimum atomic E-state index is -4.52. The number of hydrogen-bond acceptors (Lipinski definition) is 5. The highest BCUT2D eigenvalue weighted by Gasteiger charge is 2.33. The molecule has 0 saturated heterocycles. The molecule has 0 amide bonds. The molecule has 1 N–H and O–H groups in total. The van der Waals surface area contributed by atoms with Crippen LogP contribution >= 0.6 is 11.3 Å². The van der Waals surface area contributed by atoms with Crippen LogP contribution in [0.3, 0.4) is 0 Å². The molecule has 0 fully saturated rings. The Labute approximate surface area is 152 Å². The van der Waals surface area contributed by atoms with Crippen LogP contribution in [0.2, 0.25) is 0 Å². The highest BCUT2D eigenvalue weighted by atomic mass is 32.2. The minimum Gasteiger partial charge on any atom is -0.457 e. The zero-order valence-corrected chi connectivity index (χ0v) is 15.3. The van der Waals surface area contributed by atoms with Crippen LogP contribution in [0.5, 0.6) is 0 Å². The number of carbonyl (C=O) groups is 1. The van der Waals surface area contributed by atoms with Gasteiger partial charge < -0.3 is 4.74 Å². The molecule has 1 aromatic carbocycles. The maximum Gasteiger partial charge on any atom is 0.416 e. The van der Waals surface area contributed by atoms with Crippen LogP contribution in [-0.2, 0) is 34.0 Å². The number of nitrogens with one attached hydrogen (secondary N) is 1. The van der Waals surface area contributed by atoms with Gasteiger partial charge in [-0.25, -0.2) is 17.9 Å². The van der Waals surface area contributed by atoms with Crippen molar-refractivity contribution >= 4 is 27.3 Å². The number of benzene rings is 1. The third-order valence-corrected chi connectivity index (χ3v) is 5.13. The van der Waals surface area contributed by atoms with E-state index in [1.54, 1.807) is 6.07 Å². The lowest BCUT2D eigenvalue weighted by atomic mass is 10.1. The van der Waals surface area contributed by atoms with Crippen LogP contribution in [0, 0.1) is 0 Å². The van der Waals surface area contributed by atoms with Crippen LogP contribution in [0.15, 0.2) is 36.4 Å². The van der Waals surface area contributed by atoms with Crippen molar-refractivity contribution in [2.45, 2.75) is 19.2 Å². The molecule has 0 bridgehead atoms. The molecule has 10 heteroatoms. The van der Waals surface area contributed by atoms with Gasteiger partial charge in [-0.2, -0.15) is 13.2 Å². The highest BCUT2D eigenvalue weighted by molar-refractivity contribution is 7.88. The fourth-order valence-corrected chi connectivity index (χ4v) is 3.49. The minimum absolute atomic E-state index is 0.123. The molecule has 0 aliphatic heterocycles. The van der Waals surface area contributed by atoms with E-state index in [1.807, 2.05) is 0 Å². The summed E-state index contributed by atoms with van der Waals surface area (Å²) in [7, 11) is -3.29. The number of esters is 1. The Hall–Kier alpha value is -1.91. The third kappa shape index (κ3) is 6.11. The molecule has 2 aromatic rings. The summed E-state index contributed by atoms with van der Waals surface area (Å²) >= 11 is 1.10. The molecular formula is C16H16F3NO4S2. The maximum atomic E-state index is 12.9. The van der Waals surface area contributed by atoms with Gasteiger partial charge in [0, 0.05) is 17.0 Å². The fraction of sp³-hybridized carbons (Fsp3) is 0.312. The number of halogens is 3. The lowest BCUT2D eigenvalue weighted by molar-refractivity contribution is -0.138. The molecule has 26 heavy (non-hydrogen) atoms. The summed E-state index contributed by atoms with van der Waals surface area (Å²) in [6, 6.07) is 8.04. The zero-order valence-electron chi connectivity index (χ0n) is 13.7. The Bertz CT molecular complexity index is 876. The molecule has 142 valence electrons. The predicted octanol–water partition coefficient (Wildman–Crippen LogP) is 3.22. The Morgan fingerprint density at radius 3 is 2.54 bits per heavy atom. The summed E-state index contributed by atoms with van der Waals surface area (Å²) in [5.74, 6) is -0.728. The van der Waals surface area contributed by atoms with Crippen molar-refractivity contribution in [1.82, 2.24) is 4.72 Å². The number of rotatable bonds is 7. The van der Waals surface area contributed by atoms with Gasteiger partial charge in [0.05, 0.1) is 11.8 Å². The van der Waals surface area contributed by atoms with Crippen molar-refractivity contribution in [3.63, 3.8) is 0 Å². The smallest absolute Gasteiger partial charge is 0.416 e. The van der Waals surface area contributed by atoms with Crippen molar-refractivity contribution in [3.05, 3.63) is 57.3 Å². The topological polar surface area (TPSA) is 72.5 Å². The number of carbonyl (C=O) groups excluding carboxylic acids is 1. The van der Waals surface area contributed by atoms with E-state index in [4.69, 9.17) is 4.74 Å². The Kier molecular flexibility index (Phi) is 6.43. The lowest BCUT2D eigenvalue weighted by Gasteiger charge is -2.12. The quantitative estimate of drug-likeness (QED) is 0.716. The summed E-state index contributed by atoms with van der Waals surface area (Å²) in [4.78, 5) is 13.0. The molecule has 0 aliphatic carbocycles. The molecule has 2 rings (SSSR count). The standard InChI is InChI=1S/C16H16F3NO4S2/c1-26(22,23)20-9-8-12-6-7-14(25-12)15(21)24-10-11-4-2-3-5-13(11)16(17,18)19/h2-7,20H,8-10H2,1H3. The zero-order chi connectivity index (χ0) is 19.4. The van der Waals surface area contributed by atoms with Crippen molar-refractivity contribution in [3.8, 4) is 0 Å². The van der Waals surface area contributed by atoms with Gasteiger partial charge >= 0.3 is 12.1 Å². The molecule has 0 aliphatic rings. The van der Waals surface area contributed by atoms with E-state index in [9.17, 15) is 26.4 Å². The van der Waals surface area contributed by atoms with E-state index < -0.39 is 34.3 Å². The predicted molar refractivity (Wildman–Crippen MR) is 91.4 cm³/mol. The maximum absolute atomic E-state index is 12.9. The van der Waals surface area contributed by atoms with Crippen LogP contribution < -0.4 is 4.72 Å². The Morgan fingerprint density at radius 1 is 1.19 bits per heavy atom. The highest BCUT2D eigenvalue weighted by Crippen LogP contribution is 2.32. The molecule has 0 spiro atoms. The number of ether oxygens (including phenoxy) is 1. The van der Waals surface area contributed by atoms with Crippen LogP contribution in [0.1, 0.15) is 25.7 Å². The first-order valence-corrected chi connectivity index (χ1v) is 10.1. The third-order valence-electron chi connectivity index (χ3n) is 3.28. The molecule has 1 heterocycles. The Morgan fingerprint density at radius 2 is 1.88 bits per heavy atom. The average Bonchev–Trinajstić information content (AvgIpc) is 2.99. The fourth-order valence-electron chi connectivity index (χ4n) is 2.12. The monoisotopic (exact) mass is 407 g/mol. The van der Waals surface area contributed by atoms with Crippen LogP contribution in [0.4, 0.5) is 13.2 Å². The van der Waals surface area contributed by atoms with Gasteiger partial charge in [0.25, 0.3) is 0 Å². The summed E-state index contributed by atoms with van der Waals surface area (Å²) in [6.45, 7) is -0.301. The van der Waals surface area contributed by atoms with E-state index in [0.717, 1.165) is 28.5 Å². The second-order valence-corrected chi connectivity index (χ2v) is 8.41. The molecule has 1 aromatic heterocycles. The first kappa shape index (κ1) is 20.4. The van der Waals surface area contributed by atoms with Gasteiger partial charge in [-0.3, -0.25) is 0 Å². The summed E-state index contributed by atoms with van der Waals surface area (Å²) in [5.41, 5.74) is -0.964. The molecule has 0 atom stereocenters. The number of hydrogen-bond donors (Lipinski definition) is 1. The van der Waals surface area contributed by atoms with E-state index >= 15 is 0 Å². The van der Waals surface area contributed by atoms with Gasteiger partial charge in [-0.1, -0.05) is 18.2 Å². The largest absolute Gasteiger partial charge is 0.457 e. The molecule has 0 radical (unpaired) electrons. The van der Waals surface area contributed by atoms with Crippen molar-refractivity contribution in [2.24, 2.45) is 0 Å². The number of alkyl halides is 3. The van der Waals surface area contributed by atoms with Gasteiger partial charge in [0.2, 0.25) is 10.0 Å². The number of thiophene rings is 1. The van der Waals surface area contributed by atoms with Crippen LogP contribution in [0.25, 0.3) is 0 Å². The molecule has 0 saturated carbocycles.